The molecular weight excluding hydrogens is 290 g/mol. The Labute approximate surface area is 138 Å². The SMILES string of the molecule is COc1cc(C(C)NCc2ccccc2C)cc(OC)c1OC. The number of aryl methyl sites for hydroxylation is 1. The third-order valence-electron chi connectivity index (χ3n) is 4.05. The van der Waals surface area contributed by atoms with Gasteiger partial charge in [0.15, 0.2) is 11.5 Å². The first-order valence-electron chi connectivity index (χ1n) is 7.68. The van der Waals surface area contributed by atoms with E-state index in [4.69, 9.17) is 14.2 Å². The summed E-state index contributed by atoms with van der Waals surface area (Å²) in [6.07, 6.45) is 0. The van der Waals surface area contributed by atoms with Crippen LogP contribution in [0.25, 0.3) is 0 Å². The Balaban J connectivity index is 2.19. The van der Waals surface area contributed by atoms with Crippen molar-refractivity contribution in [2.24, 2.45) is 0 Å². The minimum absolute atomic E-state index is 0.156. The molecule has 0 aliphatic rings. The van der Waals surface area contributed by atoms with Gasteiger partial charge >= 0.3 is 0 Å². The number of hydrogen-bond donors (Lipinski definition) is 1. The number of nitrogens with one attached hydrogen (secondary N) is 1. The van der Waals surface area contributed by atoms with E-state index in [-0.39, 0.29) is 6.04 Å². The zero-order valence-electron chi connectivity index (χ0n) is 14.5. The van der Waals surface area contributed by atoms with Crippen LogP contribution in [0, 0.1) is 6.92 Å². The first kappa shape index (κ1) is 17.2. The summed E-state index contributed by atoms with van der Waals surface area (Å²) in [5, 5.41) is 3.54. The third-order valence-corrected chi connectivity index (χ3v) is 4.05. The predicted octanol–water partition coefficient (Wildman–Crippen LogP) is 3.87. The van der Waals surface area contributed by atoms with E-state index < -0.39 is 0 Å². The van der Waals surface area contributed by atoms with Crippen LogP contribution in [0.15, 0.2) is 36.4 Å². The molecule has 0 aliphatic heterocycles. The zero-order chi connectivity index (χ0) is 16.8. The summed E-state index contributed by atoms with van der Waals surface area (Å²) in [6, 6.07) is 12.5. The summed E-state index contributed by atoms with van der Waals surface area (Å²) in [5.74, 6) is 1.96. The Hall–Kier alpha value is -2.20. The van der Waals surface area contributed by atoms with Crippen LogP contribution < -0.4 is 19.5 Å². The van der Waals surface area contributed by atoms with Crippen molar-refractivity contribution in [3.63, 3.8) is 0 Å². The summed E-state index contributed by atoms with van der Waals surface area (Å²) in [4.78, 5) is 0. The summed E-state index contributed by atoms with van der Waals surface area (Å²) in [6.45, 7) is 5.06. The van der Waals surface area contributed by atoms with Gasteiger partial charge in [-0.15, -0.1) is 0 Å². The largest absolute Gasteiger partial charge is 0.493 e. The maximum atomic E-state index is 5.42. The van der Waals surface area contributed by atoms with Crippen LogP contribution in [0.3, 0.4) is 0 Å². The summed E-state index contributed by atoms with van der Waals surface area (Å²) >= 11 is 0. The van der Waals surface area contributed by atoms with Crippen molar-refractivity contribution in [3.05, 3.63) is 53.1 Å². The molecule has 0 saturated heterocycles. The Morgan fingerprint density at radius 2 is 1.57 bits per heavy atom. The molecule has 0 radical (unpaired) electrons. The average Bonchev–Trinajstić information content (AvgIpc) is 2.59. The molecule has 0 spiro atoms. The zero-order valence-corrected chi connectivity index (χ0v) is 14.5. The van der Waals surface area contributed by atoms with E-state index in [1.165, 1.54) is 11.1 Å². The van der Waals surface area contributed by atoms with Gasteiger partial charge in [-0.05, 0) is 42.7 Å². The lowest BCUT2D eigenvalue weighted by molar-refractivity contribution is 0.323. The highest BCUT2D eigenvalue weighted by molar-refractivity contribution is 5.54. The molecule has 2 aromatic carbocycles. The summed E-state index contributed by atoms with van der Waals surface area (Å²) < 4.78 is 16.2. The summed E-state index contributed by atoms with van der Waals surface area (Å²) in [5.41, 5.74) is 3.68. The predicted molar refractivity (Wildman–Crippen MR) is 92.5 cm³/mol. The first-order chi connectivity index (χ1) is 11.1. The van der Waals surface area contributed by atoms with Gasteiger partial charge in [0.1, 0.15) is 0 Å². The molecular formula is C19H25NO3. The van der Waals surface area contributed by atoms with E-state index in [0.717, 1.165) is 12.1 Å². The minimum atomic E-state index is 0.156. The van der Waals surface area contributed by atoms with Crippen molar-refractivity contribution >= 4 is 0 Å². The van der Waals surface area contributed by atoms with Gasteiger partial charge in [-0.3, -0.25) is 0 Å². The van der Waals surface area contributed by atoms with Gasteiger partial charge in [-0.2, -0.15) is 0 Å². The molecule has 0 aliphatic carbocycles. The second kappa shape index (κ2) is 7.88. The Morgan fingerprint density at radius 3 is 2.09 bits per heavy atom. The normalized spacial score (nSPS) is 11.9. The molecule has 23 heavy (non-hydrogen) atoms. The second-order valence-corrected chi connectivity index (χ2v) is 5.49. The van der Waals surface area contributed by atoms with Gasteiger partial charge in [-0.1, -0.05) is 24.3 Å². The van der Waals surface area contributed by atoms with E-state index in [1.807, 2.05) is 12.1 Å². The molecule has 1 N–H and O–H groups in total. The van der Waals surface area contributed by atoms with E-state index >= 15 is 0 Å². The molecule has 0 fully saturated rings. The fraction of sp³-hybridized carbons (Fsp3) is 0.368. The topological polar surface area (TPSA) is 39.7 Å². The lowest BCUT2D eigenvalue weighted by Crippen LogP contribution is -2.18. The van der Waals surface area contributed by atoms with Gasteiger partial charge in [0.25, 0.3) is 0 Å². The number of rotatable bonds is 7. The second-order valence-electron chi connectivity index (χ2n) is 5.49. The van der Waals surface area contributed by atoms with Crippen molar-refractivity contribution in [2.45, 2.75) is 26.4 Å². The molecule has 2 aromatic rings. The molecule has 0 aromatic heterocycles. The van der Waals surface area contributed by atoms with Crippen LogP contribution in [-0.2, 0) is 6.54 Å². The molecule has 1 unspecified atom stereocenters. The minimum Gasteiger partial charge on any atom is -0.493 e. The van der Waals surface area contributed by atoms with Gasteiger partial charge < -0.3 is 19.5 Å². The fourth-order valence-corrected chi connectivity index (χ4v) is 2.54. The van der Waals surface area contributed by atoms with Crippen LogP contribution >= 0.6 is 0 Å². The maximum absolute atomic E-state index is 5.42. The lowest BCUT2D eigenvalue weighted by Gasteiger charge is -2.19. The van der Waals surface area contributed by atoms with Crippen LogP contribution in [0.5, 0.6) is 17.2 Å². The molecule has 0 saturated carbocycles. The van der Waals surface area contributed by atoms with E-state index in [2.05, 4.69) is 43.4 Å². The van der Waals surface area contributed by atoms with Crippen molar-refractivity contribution in [2.75, 3.05) is 21.3 Å². The van der Waals surface area contributed by atoms with Gasteiger partial charge in [0.2, 0.25) is 5.75 Å². The Kier molecular flexibility index (Phi) is 5.88. The van der Waals surface area contributed by atoms with Crippen molar-refractivity contribution in [1.82, 2.24) is 5.32 Å². The van der Waals surface area contributed by atoms with E-state index in [9.17, 15) is 0 Å². The third kappa shape index (κ3) is 3.96. The van der Waals surface area contributed by atoms with E-state index in [1.54, 1.807) is 21.3 Å². The van der Waals surface area contributed by atoms with Crippen molar-refractivity contribution < 1.29 is 14.2 Å². The molecule has 4 nitrogen and oxygen atoms in total. The van der Waals surface area contributed by atoms with Crippen molar-refractivity contribution in [1.29, 1.82) is 0 Å². The fourth-order valence-electron chi connectivity index (χ4n) is 2.54. The highest BCUT2D eigenvalue weighted by Crippen LogP contribution is 2.39. The van der Waals surface area contributed by atoms with E-state index in [0.29, 0.717) is 17.2 Å². The number of ether oxygens (including phenoxy) is 3. The quantitative estimate of drug-likeness (QED) is 0.842. The van der Waals surface area contributed by atoms with Crippen molar-refractivity contribution in [3.8, 4) is 17.2 Å². The number of benzene rings is 2. The lowest BCUT2D eigenvalue weighted by atomic mass is 10.1. The monoisotopic (exact) mass is 315 g/mol. The smallest absolute Gasteiger partial charge is 0.203 e. The standard InChI is InChI=1S/C19H25NO3/c1-13-8-6-7-9-15(13)12-20-14(2)16-10-17(21-3)19(23-5)18(11-16)22-4/h6-11,14,20H,12H2,1-5H3. The Morgan fingerprint density at radius 1 is 0.957 bits per heavy atom. The average molecular weight is 315 g/mol. The molecule has 124 valence electrons. The maximum Gasteiger partial charge on any atom is 0.203 e. The highest BCUT2D eigenvalue weighted by Gasteiger charge is 2.16. The van der Waals surface area contributed by atoms with Crippen LogP contribution in [0.2, 0.25) is 0 Å². The van der Waals surface area contributed by atoms with Crippen LogP contribution in [0.1, 0.15) is 29.7 Å². The van der Waals surface area contributed by atoms with Crippen LogP contribution in [0.4, 0.5) is 0 Å². The first-order valence-corrected chi connectivity index (χ1v) is 7.68. The molecule has 2 rings (SSSR count). The van der Waals surface area contributed by atoms with Gasteiger partial charge in [-0.25, -0.2) is 0 Å². The highest BCUT2D eigenvalue weighted by atomic mass is 16.5. The molecule has 0 heterocycles. The molecule has 0 amide bonds. The molecule has 4 heteroatoms. The van der Waals surface area contributed by atoms with Gasteiger partial charge in [0.05, 0.1) is 21.3 Å². The van der Waals surface area contributed by atoms with Crippen LogP contribution in [-0.4, -0.2) is 21.3 Å². The van der Waals surface area contributed by atoms with Gasteiger partial charge in [0, 0.05) is 12.6 Å². The number of methoxy groups -OCH3 is 3. The summed E-state index contributed by atoms with van der Waals surface area (Å²) in [7, 11) is 4.87. The molecule has 0 bridgehead atoms. The Bertz CT molecular complexity index is 630. The number of hydrogen-bond acceptors (Lipinski definition) is 4. The molecule has 1 atom stereocenters.